The van der Waals surface area contributed by atoms with Crippen LogP contribution in [-0.4, -0.2) is 16.0 Å². The van der Waals surface area contributed by atoms with Crippen molar-refractivity contribution in [3.63, 3.8) is 0 Å². The third-order valence-electron chi connectivity index (χ3n) is 2.86. The average molecular weight is 256 g/mol. The van der Waals surface area contributed by atoms with Crippen LogP contribution >= 0.6 is 0 Å². The van der Waals surface area contributed by atoms with Crippen molar-refractivity contribution in [2.45, 2.75) is 19.4 Å². The number of phenolic OH excluding ortho intramolecular Hbond substituents is 1. The number of nitrogens with zero attached hydrogens (tertiary/aromatic N) is 1. The number of rotatable bonds is 4. The van der Waals surface area contributed by atoms with E-state index in [4.69, 9.17) is 0 Å². The van der Waals surface area contributed by atoms with E-state index in [0.717, 1.165) is 11.1 Å². The summed E-state index contributed by atoms with van der Waals surface area (Å²) in [6.07, 6.45) is 4.09. The third-order valence-corrected chi connectivity index (χ3v) is 2.86. The maximum Gasteiger partial charge on any atom is 0.217 e. The summed E-state index contributed by atoms with van der Waals surface area (Å²) in [7, 11) is 0. The summed E-state index contributed by atoms with van der Waals surface area (Å²) in [5.74, 6) is 0.171. The maximum absolute atomic E-state index is 11.3. The highest BCUT2D eigenvalue weighted by atomic mass is 16.3. The molecular formula is C15H16N2O2. The number of aromatic nitrogens is 1. The Kier molecular flexibility index (Phi) is 4.13. The molecule has 0 fully saturated rings. The fourth-order valence-corrected chi connectivity index (χ4v) is 1.96. The number of aromatic hydroxyl groups is 1. The highest BCUT2D eigenvalue weighted by Gasteiger charge is 2.13. The van der Waals surface area contributed by atoms with Gasteiger partial charge in [0.15, 0.2) is 0 Å². The molecule has 0 aliphatic rings. The van der Waals surface area contributed by atoms with Gasteiger partial charge in [-0.3, -0.25) is 9.78 Å². The minimum absolute atomic E-state index is 0.0689. The molecule has 1 aromatic carbocycles. The minimum Gasteiger partial charge on any atom is -0.508 e. The van der Waals surface area contributed by atoms with Crippen LogP contribution in [0.4, 0.5) is 0 Å². The Morgan fingerprint density at radius 2 is 1.84 bits per heavy atom. The Morgan fingerprint density at radius 1 is 1.21 bits per heavy atom. The van der Waals surface area contributed by atoms with E-state index in [9.17, 15) is 9.90 Å². The molecule has 1 aromatic heterocycles. The number of benzene rings is 1. The molecule has 19 heavy (non-hydrogen) atoms. The summed E-state index contributed by atoms with van der Waals surface area (Å²) in [5.41, 5.74) is 2.06. The molecule has 0 saturated carbocycles. The second-order valence-corrected chi connectivity index (χ2v) is 4.40. The van der Waals surface area contributed by atoms with E-state index >= 15 is 0 Å². The van der Waals surface area contributed by atoms with Crippen molar-refractivity contribution in [1.29, 1.82) is 0 Å². The second-order valence-electron chi connectivity index (χ2n) is 4.40. The van der Waals surface area contributed by atoms with Crippen LogP contribution in [0.3, 0.4) is 0 Å². The van der Waals surface area contributed by atoms with E-state index in [2.05, 4.69) is 10.3 Å². The predicted molar refractivity (Wildman–Crippen MR) is 72.6 cm³/mol. The van der Waals surface area contributed by atoms with Crippen LogP contribution in [0, 0.1) is 0 Å². The van der Waals surface area contributed by atoms with Crippen molar-refractivity contribution in [2.75, 3.05) is 0 Å². The standard InChI is InChI=1S/C15H16N2O2/c1-11(18)17-15(13-6-8-16-9-7-13)10-12-2-4-14(19)5-3-12/h2-9,15,19H,10H2,1H3,(H,17,18). The number of phenols is 1. The fraction of sp³-hybridized carbons (Fsp3) is 0.200. The number of carbonyl (C=O) groups is 1. The van der Waals surface area contributed by atoms with Gasteiger partial charge in [0.05, 0.1) is 6.04 Å². The van der Waals surface area contributed by atoms with Crippen LogP contribution in [0.5, 0.6) is 5.75 Å². The molecule has 0 radical (unpaired) electrons. The maximum atomic E-state index is 11.3. The molecule has 1 heterocycles. The number of nitrogens with one attached hydrogen (secondary N) is 1. The minimum atomic E-state index is -0.0926. The van der Waals surface area contributed by atoms with E-state index < -0.39 is 0 Å². The zero-order valence-electron chi connectivity index (χ0n) is 10.7. The summed E-state index contributed by atoms with van der Waals surface area (Å²) >= 11 is 0. The molecule has 0 spiro atoms. The van der Waals surface area contributed by atoms with Crippen molar-refractivity contribution in [3.05, 3.63) is 59.9 Å². The monoisotopic (exact) mass is 256 g/mol. The summed E-state index contributed by atoms with van der Waals surface area (Å²) in [4.78, 5) is 15.3. The van der Waals surface area contributed by atoms with Crippen LogP contribution in [0.25, 0.3) is 0 Å². The molecule has 0 aliphatic carbocycles. The van der Waals surface area contributed by atoms with Gasteiger partial charge in [-0.1, -0.05) is 12.1 Å². The molecule has 4 nitrogen and oxygen atoms in total. The zero-order chi connectivity index (χ0) is 13.7. The molecular weight excluding hydrogens is 240 g/mol. The quantitative estimate of drug-likeness (QED) is 0.881. The van der Waals surface area contributed by atoms with E-state index in [1.165, 1.54) is 6.92 Å². The summed E-state index contributed by atoms with van der Waals surface area (Å²) in [5, 5.41) is 12.2. The Balaban J connectivity index is 2.19. The van der Waals surface area contributed by atoms with Gasteiger partial charge >= 0.3 is 0 Å². The van der Waals surface area contributed by atoms with Crippen molar-refractivity contribution >= 4 is 5.91 Å². The highest BCUT2D eigenvalue weighted by molar-refractivity contribution is 5.73. The van der Waals surface area contributed by atoms with Crippen molar-refractivity contribution in [1.82, 2.24) is 10.3 Å². The highest BCUT2D eigenvalue weighted by Crippen LogP contribution is 2.19. The van der Waals surface area contributed by atoms with Crippen LogP contribution < -0.4 is 5.32 Å². The SMILES string of the molecule is CC(=O)NC(Cc1ccc(O)cc1)c1ccncc1. The van der Waals surface area contributed by atoms with Gasteiger partial charge in [-0.05, 0) is 41.8 Å². The number of amides is 1. The lowest BCUT2D eigenvalue weighted by molar-refractivity contribution is -0.119. The summed E-state index contributed by atoms with van der Waals surface area (Å²) in [6, 6.07) is 10.7. The van der Waals surface area contributed by atoms with Gasteiger partial charge in [-0.15, -0.1) is 0 Å². The zero-order valence-corrected chi connectivity index (χ0v) is 10.7. The molecule has 2 N–H and O–H groups in total. The molecule has 2 rings (SSSR count). The van der Waals surface area contributed by atoms with Crippen LogP contribution in [0.1, 0.15) is 24.1 Å². The van der Waals surface area contributed by atoms with Crippen LogP contribution in [-0.2, 0) is 11.2 Å². The summed E-state index contributed by atoms with van der Waals surface area (Å²) in [6.45, 7) is 1.50. The smallest absolute Gasteiger partial charge is 0.217 e. The normalized spacial score (nSPS) is 11.8. The Labute approximate surface area is 112 Å². The number of hydrogen-bond donors (Lipinski definition) is 2. The molecule has 1 amide bonds. The number of hydrogen-bond acceptors (Lipinski definition) is 3. The third kappa shape index (κ3) is 3.81. The van der Waals surface area contributed by atoms with E-state index in [1.54, 1.807) is 24.5 Å². The number of carbonyl (C=O) groups excluding carboxylic acids is 1. The first-order valence-corrected chi connectivity index (χ1v) is 6.10. The van der Waals surface area contributed by atoms with E-state index in [1.807, 2.05) is 24.3 Å². The van der Waals surface area contributed by atoms with E-state index in [-0.39, 0.29) is 17.7 Å². The molecule has 2 aromatic rings. The molecule has 1 unspecified atom stereocenters. The van der Waals surface area contributed by atoms with Gasteiger partial charge in [0.1, 0.15) is 5.75 Å². The lowest BCUT2D eigenvalue weighted by Crippen LogP contribution is -2.27. The second kappa shape index (κ2) is 6.00. The van der Waals surface area contributed by atoms with Gasteiger partial charge < -0.3 is 10.4 Å². The van der Waals surface area contributed by atoms with Gasteiger partial charge in [0.25, 0.3) is 0 Å². The first kappa shape index (κ1) is 13.1. The topological polar surface area (TPSA) is 62.2 Å². The van der Waals surface area contributed by atoms with Gasteiger partial charge in [0.2, 0.25) is 5.91 Å². The average Bonchev–Trinajstić information content (AvgIpc) is 2.41. The molecule has 0 aliphatic heterocycles. The largest absolute Gasteiger partial charge is 0.508 e. The van der Waals surface area contributed by atoms with Gasteiger partial charge in [-0.2, -0.15) is 0 Å². The first-order valence-electron chi connectivity index (χ1n) is 6.10. The van der Waals surface area contributed by atoms with Crippen molar-refractivity contribution in [2.24, 2.45) is 0 Å². The van der Waals surface area contributed by atoms with Crippen molar-refractivity contribution < 1.29 is 9.90 Å². The molecule has 0 saturated heterocycles. The Hall–Kier alpha value is -2.36. The predicted octanol–water partition coefficient (Wildman–Crippen LogP) is 2.21. The van der Waals surface area contributed by atoms with Gasteiger partial charge in [-0.25, -0.2) is 0 Å². The Bertz CT molecular complexity index is 538. The number of pyridine rings is 1. The molecule has 0 bridgehead atoms. The first-order chi connectivity index (χ1) is 9.15. The van der Waals surface area contributed by atoms with E-state index in [0.29, 0.717) is 6.42 Å². The van der Waals surface area contributed by atoms with Crippen LogP contribution in [0.2, 0.25) is 0 Å². The van der Waals surface area contributed by atoms with Crippen molar-refractivity contribution in [3.8, 4) is 5.75 Å². The van der Waals surface area contributed by atoms with Gasteiger partial charge in [0, 0.05) is 19.3 Å². The summed E-state index contributed by atoms with van der Waals surface area (Å²) < 4.78 is 0. The fourth-order valence-electron chi connectivity index (χ4n) is 1.96. The lowest BCUT2D eigenvalue weighted by Gasteiger charge is -2.18. The lowest BCUT2D eigenvalue weighted by atomic mass is 9.99. The molecule has 1 atom stereocenters. The molecule has 4 heteroatoms. The Morgan fingerprint density at radius 3 is 2.42 bits per heavy atom. The van der Waals surface area contributed by atoms with Crippen LogP contribution in [0.15, 0.2) is 48.8 Å². The molecule has 98 valence electrons.